The number of amides is 1. The minimum Gasteiger partial charge on any atom is -0.497 e. The number of hydrogen-bond donors (Lipinski definition) is 2. The lowest BCUT2D eigenvalue weighted by Gasteiger charge is -2.11. The molecule has 2 heterocycles. The molecule has 1 fully saturated rings. The number of rotatable bonds is 5. The van der Waals surface area contributed by atoms with Gasteiger partial charge in [0.25, 0.3) is 5.91 Å². The fourth-order valence-corrected chi connectivity index (χ4v) is 4.16. The van der Waals surface area contributed by atoms with Gasteiger partial charge >= 0.3 is 0 Å². The van der Waals surface area contributed by atoms with Crippen molar-refractivity contribution in [1.82, 2.24) is 20.0 Å². The van der Waals surface area contributed by atoms with E-state index in [1.807, 2.05) is 48.5 Å². The number of para-hydroxylation sites is 2. The van der Waals surface area contributed by atoms with E-state index < -0.39 is 0 Å². The second-order valence-corrected chi connectivity index (χ2v) is 7.93. The summed E-state index contributed by atoms with van der Waals surface area (Å²) in [7, 11) is 1.61. The summed E-state index contributed by atoms with van der Waals surface area (Å²) in [6.07, 6.45) is 5.86. The number of nitrogens with one attached hydrogen (secondary N) is 1. The molecule has 2 aromatic carbocycles. The lowest BCUT2D eigenvalue weighted by Crippen LogP contribution is -2.33. The van der Waals surface area contributed by atoms with Gasteiger partial charge in [-0.3, -0.25) is 4.79 Å². The quantitative estimate of drug-likeness (QED) is 0.471. The monoisotopic (exact) mass is 428 g/mol. The summed E-state index contributed by atoms with van der Waals surface area (Å²) >= 11 is 0. The van der Waals surface area contributed by atoms with Gasteiger partial charge in [0.15, 0.2) is 5.65 Å². The van der Waals surface area contributed by atoms with Crippen LogP contribution in [0.3, 0.4) is 0 Å². The summed E-state index contributed by atoms with van der Waals surface area (Å²) in [5.74, 6) is 0.700. The van der Waals surface area contributed by atoms with Gasteiger partial charge in [-0.05, 0) is 42.7 Å². The van der Waals surface area contributed by atoms with Gasteiger partial charge in [-0.1, -0.05) is 37.1 Å². The van der Waals surface area contributed by atoms with Crippen molar-refractivity contribution in [2.24, 2.45) is 5.10 Å². The zero-order valence-electron chi connectivity index (χ0n) is 17.8. The number of aromatic nitrogens is 3. The van der Waals surface area contributed by atoms with E-state index in [1.54, 1.807) is 13.3 Å². The van der Waals surface area contributed by atoms with Crippen LogP contribution in [0, 0.1) is 0 Å². The molecule has 162 valence electrons. The zero-order valence-corrected chi connectivity index (χ0v) is 17.8. The Hall–Kier alpha value is -3.94. The number of fused-ring (bicyclic) bond motifs is 2. The Bertz CT molecular complexity index is 1340. The molecule has 3 N–H and O–H groups in total. The van der Waals surface area contributed by atoms with Crippen LogP contribution >= 0.6 is 0 Å². The van der Waals surface area contributed by atoms with Crippen LogP contribution in [0.15, 0.2) is 53.6 Å². The molecule has 2 aromatic heterocycles. The Morgan fingerprint density at radius 2 is 1.91 bits per heavy atom. The van der Waals surface area contributed by atoms with Gasteiger partial charge in [-0.15, -0.1) is 0 Å². The molecule has 4 aromatic rings. The number of carbonyl (C=O) groups excluding carboxylic acids is 1. The maximum atomic E-state index is 13.2. The van der Waals surface area contributed by atoms with Crippen molar-refractivity contribution in [3.8, 4) is 5.75 Å². The van der Waals surface area contributed by atoms with Crippen molar-refractivity contribution in [3.63, 3.8) is 0 Å². The van der Waals surface area contributed by atoms with Crippen LogP contribution < -0.4 is 15.8 Å². The fraction of sp³-hybridized carbons (Fsp3) is 0.250. The summed E-state index contributed by atoms with van der Waals surface area (Å²) in [6.45, 7) is 0. The molecular formula is C24H24N6O2. The number of nitrogens with zero attached hydrogens (tertiary/aromatic N) is 4. The largest absolute Gasteiger partial charge is 0.497 e. The van der Waals surface area contributed by atoms with Gasteiger partial charge in [0, 0.05) is 6.04 Å². The number of methoxy groups -OCH3 is 1. The van der Waals surface area contributed by atoms with Crippen molar-refractivity contribution in [3.05, 3.63) is 59.7 Å². The molecule has 32 heavy (non-hydrogen) atoms. The van der Waals surface area contributed by atoms with E-state index >= 15 is 0 Å². The maximum Gasteiger partial charge on any atom is 0.257 e. The molecule has 8 nitrogen and oxygen atoms in total. The van der Waals surface area contributed by atoms with Crippen molar-refractivity contribution in [2.75, 3.05) is 12.8 Å². The summed E-state index contributed by atoms with van der Waals surface area (Å²) in [5.41, 5.74) is 9.89. The highest BCUT2D eigenvalue weighted by atomic mass is 16.5. The number of hydrogen-bond acceptors (Lipinski definition) is 6. The average Bonchev–Trinajstić information content (AvgIpc) is 3.41. The van der Waals surface area contributed by atoms with Crippen LogP contribution in [0.2, 0.25) is 0 Å². The molecule has 0 bridgehead atoms. The third kappa shape index (κ3) is 3.64. The van der Waals surface area contributed by atoms with Crippen LogP contribution in [0.4, 0.5) is 5.82 Å². The first-order valence-corrected chi connectivity index (χ1v) is 10.7. The molecule has 1 saturated carbocycles. The van der Waals surface area contributed by atoms with Gasteiger partial charge in [0.2, 0.25) is 0 Å². The number of carbonyl (C=O) groups is 1. The first-order valence-electron chi connectivity index (χ1n) is 10.7. The van der Waals surface area contributed by atoms with E-state index in [4.69, 9.17) is 20.4 Å². The third-order valence-corrected chi connectivity index (χ3v) is 5.81. The van der Waals surface area contributed by atoms with Crippen LogP contribution in [0.25, 0.3) is 22.2 Å². The number of anilines is 1. The molecule has 0 unspecified atom stereocenters. The highest BCUT2D eigenvalue weighted by Crippen LogP contribution is 2.29. The molecule has 5 rings (SSSR count). The Kier molecular flexibility index (Phi) is 5.18. The summed E-state index contributed by atoms with van der Waals surface area (Å²) in [6, 6.07) is 15.2. The molecule has 0 spiro atoms. The lowest BCUT2D eigenvalue weighted by atomic mass is 10.2. The SMILES string of the molecule is COc1cccc(/C=N\n2c(N)c(C(=O)NC3CCCC3)c3nc4ccccc4nc32)c1. The highest BCUT2D eigenvalue weighted by Gasteiger charge is 2.26. The Labute approximate surface area is 185 Å². The van der Waals surface area contributed by atoms with Crippen molar-refractivity contribution >= 4 is 40.1 Å². The predicted molar refractivity (Wildman–Crippen MR) is 125 cm³/mol. The highest BCUT2D eigenvalue weighted by molar-refractivity contribution is 6.10. The smallest absolute Gasteiger partial charge is 0.257 e. The van der Waals surface area contributed by atoms with E-state index in [-0.39, 0.29) is 17.8 Å². The van der Waals surface area contributed by atoms with Crippen molar-refractivity contribution in [2.45, 2.75) is 31.7 Å². The zero-order chi connectivity index (χ0) is 22.1. The third-order valence-electron chi connectivity index (χ3n) is 5.81. The van der Waals surface area contributed by atoms with Crippen LogP contribution in [-0.2, 0) is 0 Å². The molecule has 8 heteroatoms. The van der Waals surface area contributed by atoms with Crippen molar-refractivity contribution < 1.29 is 9.53 Å². The van der Waals surface area contributed by atoms with Gasteiger partial charge < -0.3 is 15.8 Å². The van der Waals surface area contributed by atoms with E-state index in [0.29, 0.717) is 27.8 Å². The number of ether oxygens (including phenoxy) is 1. The lowest BCUT2D eigenvalue weighted by molar-refractivity contribution is 0.0940. The second-order valence-electron chi connectivity index (χ2n) is 7.93. The Morgan fingerprint density at radius 3 is 2.66 bits per heavy atom. The number of benzene rings is 2. The van der Waals surface area contributed by atoms with Crippen LogP contribution in [-0.4, -0.2) is 39.9 Å². The molecule has 1 amide bonds. The van der Waals surface area contributed by atoms with Gasteiger partial charge in [-0.2, -0.15) is 9.78 Å². The Balaban J connectivity index is 1.63. The van der Waals surface area contributed by atoms with Gasteiger partial charge in [0.1, 0.15) is 22.6 Å². The second kappa shape index (κ2) is 8.30. The summed E-state index contributed by atoms with van der Waals surface area (Å²) in [5, 5.41) is 7.66. The fourth-order valence-electron chi connectivity index (χ4n) is 4.16. The van der Waals surface area contributed by atoms with E-state index in [1.165, 1.54) is 4.68 Å². The molecular weight excluding hydrogens is 404 g/mol. The molecule has 1 aliphatic rings. The minimum atomic E-state index is -0.237. The minimum absolute atomic E-state index is 0.161. The van der Waals surface area contributed by atoms with E-state index in [0.717, 1.165) is 37.0 Å². The average molecular weight is 428 g/mol. The van der Waals surface area contributed by atoms with Crippen molar-refractivity contribution in [1.29, 1.82) is 0 Å². The maximum absolute atomic E-state index is 13.2. The van der Waals surface area contributed by atoms with E-state index in [2.05, 4.69) is 10.4 Å². The first kappa shape index (κ1) is 20.0. The number of nitrogen functional groups attached to an aromatic ring is 1. The van der Waals surface area contributed by atoms with E-state index in [9.17, 15) is 4.79 Å². The first-order chi connectivity index (χ1) is 15.6. The predicted octanol–water partition coefficient (Wildman–Crippen LogP) is 3.73. The molecule has 1 aliphatic carbocycles. The number of nitrogens with two attached hydrogens (primary N) is 1. The normalized spacial score (nSPS) is 14.5. The Morgan fingerprint density at radius 1 is 1.16 bits per heavy atom. The molecule has 0 aliphatic heterocycles. The van der Waals surface area contributed by atoms with Crippen LogP contribution in [0.1, 0.15) is 41.6 Å². The standard InChI is InChI=1S/C24H24N6O2/c1-32-17-10-6-7-15(13-17)14-26-30-22(25)20(24(31)27-16-8-2-3-9-16)21-23(30)29-19-12-5-4-11-18(19)28-21/h4-7,10-14,16H,2-3,8-9,25H2,1H3,(H,27,31)/b26-14-. The molecule has 0 radical (unpaired) electrons. The molecule has 0 atom stereocenters. The molecule has 0 saturated heterocycles. The topological polar surface area (TPSA) is 107 Å². The van der Waals surface area contributed by atoms with Crippen LogP contribution in [0.5, 0.6) is 5.75 Å². The summed E-state index contributed by atoms with van der Waals surface area (Å²) in [4.78, 5) is 22.6. The summed E-state index contributed by atoms with van der Waals surface area (Å²) < 4.78 is 6.76. The van der Waals surface area contributed by atoms with Gasteiger partial charge in [0.05, 0.1) is 24.4 Å². The van der Waals surface area contributed by atoms with Gasteiger partial charge in [-0.25, -0.2) is 9.97 Å².